The zero-order chi connectivity index (χ0) is 25.1. The molecule has 0 radical (unpaired) electrons. The third-order valence-corrected chi connectivity index (χ3v) is 7.64. The van der Waals surface area contributed by atoms with E-state index in [0.717, 1.165) is 51.0 Å². The predicted molar refractivity (Wildman–Crippen MR) is 130 cm³/mol. The van der Waals surface area contributed by atoms with Crippen molar-refractivity contribution in [2.45, 2.75) is 64.7 Å². The van der Waals surface area contributed by atoms with E-state index in [2.05, 4.69) is 6.92 Å². The molecule has 3 aromatic carbocycles. The molecule has 1 saturated carbocycles. The molecule has 0 saturated heterocycles. The van der Waals surface area contributed by atoms with Crippen LogP contribution in [0.1, 0.15) is 70.3 Å². The van der Waals surface area contributed by atoms with Crippen molar-refractivity contribution in [2.24, 2.45) is 11.8 Å². The van der Waals surface area contributed by atoms with E-state index in [1.807, 2.05) is 6.07 Å². The fraction of sp³-hybridized carbons (Fsp3) is 0.400. The van der Waals surface area contributed by atoms with Crippen LogP contribution in [0.5, 0.6) is 0 Å². The summed E-state index contributed by atoms with van der Waals surface area (Å²) in [5, 5.41) is 0. The molecule has 0 spiro atoms. The van der Waals surface area contributed by atoms with Gasteiger partial charge >= 0.3 is 0 Å². The fourth-order valence-corrected chi connectivity index (χ4v) is 5.75. The van der Waals surface area contributed by atoms with Crippen molar-refractivity contribution in [2.75, 3.05) is 0 Å². The lowest BCUT2D eigenvalue weighted by atomic mass is 9.69. The molecule has 4 rings (SSSR count). The van der Waals surface area contributed by atoms with Gasteiger partial charge in [0.05, 0.1) is 5.56 Å². The van der Waals surface area contributed by atoms with Crippen LogP contribution in [0.15, 0.2) is 48.5 Å². The SMILES string of the molecule is CCCCC1CCCCC1C(C)c1c(F)c(F)c(-c2ccc(-c3ccccc3)cc2F)c(F)c1F. The van der Waals surface area contributed by atoms with Crippen molar-refractivity contribution < 1.29 is 22.0 Å². The second kappa shape index (κ2) is 10.9. The molecule has 35 heavy (non-hydrogen) atoms. The first kappa shape index (κ1) is 25.4. The summed E-state index contributed by atoms with van der Waals surface area (Å²) >= 11 is 0. The Morgan fingerprint density at radius 3 is 2.09 bits per heavy atom. The van der Waals surface area contributed by atoms with Crippen LogP contribution < -0.4 is 0 Å². The molecule has 0 N–H and O–H groups in total. The van der Waals surface area contributed by atoms with Gasteiger partial charge in [0.2, 0.25) is 0 Å². The average Bonchev–Trinajstić information content (AvgIpc) is 2.88. The van der Waals surface area contributed by atoms with E-state index < -0.39 is 51.7 Å². The van der Waals surface area contributed by atoms with Crippen molar-refractivity contribution in [1.82, 2.24) is 0 Å². The Morgan fingerprint density at radius 2 is 1.46 bits per heavy atom. The monoisotopic (exact) mass is 486 g/mol. The molecule has 3 atom stereocenters. The zero-order valence-corrected chi connectivity index (χ0v) is 20.2. The van der Waals surface area contributed by atoms with Crippen LogP contribution in [0.3, 0.4) is 0 Å². The topological polar surface area (TPSA) is 0 Å². The second-order valence-corrected chi connectivity index (χ2v) is 9.74. The van der Waals surface area contributed by atoms with Crippen LogP contribution in [0.2, 0.25) is 0 Å². The molecule has 1 aliphatic carbocycles. The van der Waals surface area contributed by atoms with Gasteiger partial charge in [-0.3, -0.25) is 0 Å². The van der Waals surface area contributed by atoms with Gasteiger partial charge in [0.15, 0.2) is 23.3 Å². The standard InChI is InChI=1S/C30H31F5/c1-3-4-10-20-13-8-9-14-22(20)18(2)25-27(32)29(34)26(30(35)28(25)33)23-16-15-21(17-24(23)31)19-11-6-5-7-12-19/h5-7,11-12,15-18,20,22H,3-4,8-10,13-14H2,1-2H3. The lowest BCUT2D eigenvalue weighted by Crippen LogP contribution is -2.26. The van der Waals surface area contributed by atoms with Gasteiger partial charge in [0.25, 0.3) is 0 Å². The number of hydrogen-bond donors (Lipinski definition) is 0. The van der Waals surface area contributed by atoms with Crippen LogP contribution in [0.25, 0.3) is 22.3 Å². The smallest absolute Gasteiger partial charge is 0.170 e. The Balaban J connectivity index is 1.73. The van der Waals surface area contributed by atoms with Gasteiger partial charge in [-0.1, -0.05) is 94.8 Å². The maximum atomic E-state index is 15.3. The van der Waals surface area contributed by atoms with E-state index in [-0.39, 0.29) is 11.8 Å². The van der Waals surface area contributed by atoms with Gasteiger partial charge in [-0.05, 0) is 41.4 Å². The molecule has 0 aliphatic heterocycles. The first-order chi connectivity index (χ1) is 16.8. The third kappa shape index (κ3) is 5.00. The lowest BCUT2D eigenvalue weighted by molar-refractivity contribution is 0.187. The zero-order valence-electron chi connectivity index (χ0n) is 20.2. The molecular formula is C30H31F5. The first-order valence-electron chi connectivity index (χ1n) is 12.6. The summed E-state index contributed by atoms with van der Waals surface area (Å²) < 4.78 is 76.2. The number of hydrogen-bond acceptors (Lipinski definition) is 0. The highest BCUT2D eigenvalue weighted by atomic mass is 19.2. The van der Waals surface area contributed by atoms with E-state index in [9.17, 15) is 4.39 Å². The summed E-state index contributed by atoms with van der Waals surface area (Å²) in [5.74, 6) is -7.33. The van der Waals surface area contributed by atoms with Crippen LogP contribution in [-0.4, -0.2) is 0 Å². The number of halogens is 5. The molecule has 0 aromatic heterocycles. The van der Waals surface area contributed by atoms with Crippen molar-refractivity contribution in [3.63, 3.8) is 0 Å². The summed E-state index contributed by atoms with van der Waals surface area (Å²) in [6.45, 7) is 3.75. The van der Waals surface area contributed by atoms with Crippen molar-refractivity contribution in [3.05, 3.63) is 83.2 Å². The molecular weight excluding hydrogens is 455 g/mol. The normalized spacial score (nSPS) is 19.1. The Bertz CT molecular complexity index is 1140. The minimum Gasteiger partial charge on any atom is -0.206 e. The molecule has 5 heteroatoms. The average molecular weight is 487 g/mol. The van der Waals surface area contributed by atoms with E-state index in [1.54, 1.807) is 31.2 Å². The highest BCUT2D eigenvalue weighted by Gasteiger charge is 2.36. The van der Waals surface area contributed by atoms with Gasteiger partial charge in [0.1, 0.15) is 5.82 Å². The van der Waals surface area contributed by atoms with Gasteiger partial charge in [0, 0.05) is 11.1 Å². The molecule has 3 unspecified atom stereocenters. The maximum Gasteiger partial charge on any atom is 0.170 e. The predicted octanol–water partition coefficient (Wildman–Crippen LogP) is 9.82. The Labute approximate surface area is 204 Å². The molecule has 1 fully saturated rings. The second-order valence-electron chi connectivity index (χ2n) is 9.74. The van der Waals surface area contributed by atoms with Crippen LogP contribution in [0, 0.1) is 40.9 Å². The number of benzene rings is 3. The van der Waals surface area contributed by atoms with Crippen LogP contribution >= 0.6 is 0 Å². The quantitative estimate of drug-likeness (QED) is 0.230. The number of unbranched alkanes of at least 4 members (excludes halogenated alkanes) is 1. The summed E-state index contributed by atoms with van der Waals surface area (Å²) in [5.41, 5.74) is -0.854. The minimum absolute atomic E-state index is 0.0501. The largest absolute Gasteiger partial charge is 0.206 e. The first-order valence-corrected chi connectivity index (χ1v) is 12.6. The molecule has 186 valence electrons. The Kier molecular flexibility index (Phi) is 7.93. The van der Waals surface area contributed by atoms with E-state index in [4.69, 9.17) is 0 Å². The molecule has 0 amide bonds. The lowest BCUT2D eigenvalue weighted by Gasteiger charge is -2.36. The highest BCUT2D eigenvalue weighted by Crippen LogP contribution is 2.45. The summed E-state index contributed by atoms with van der Waals surface area (Å²) in [6, 6.07) is 12.7. The van der Waals surface area contributed by atoms with Gasteiger partial charge < -0.3 is 0 Å². The summed E-state index contributed by atoms with van der Waals surface area (Å²) in [7, 11) is 0. The minimum atomic E-state index is -1.54. The van der Waals surface area contributed by atoms with Crippen molar-refractivity contribution in [1.29, 1.82) is 0 Å². The maximum absolute atomic E-state index is 15.3. The third-order valence-electron chi connectivity index (χ3n) is 7.64. The van der Waals surface area contributed by atoms with Crippen LogP contribution in [0.4, 0.5) is 22.0 Å². The Hall–Kier alpha value is -2.69. The van der Waals surface area contributed by atoms with Gasteiger partial charge in [-0.15, -0.1) is 0 Å². The molecule has 0 bridgehead atoms. The Morgan fingerprint density at radius 1 is 0.800 bits per heavy atom. The van der Waals surface area contributed by atoms with Gasteiger partial charge in [-0.2, -0.15) is 0 Å². The highest BCUT2D eigenvalue weighted by molar-refractivity contribution is 5.72. The molecule has 3 aromatic rings. The van der Waals surface area contributed by atoms with Crippen molar-refractivity contribution in [3.8, 4) is 22.3 Å². The van der Waals surface area contributed by atoms with Gasteiger partial charge in [-0.25, -0.2) is 22.0 Å². The summed E-state index contributed by atoms with van der Waals surface area (Å²) in [6.07, 6.45) is 6.70. The summed E-state index contributed by atoms with van der Waals surface area (Å²) in [4.78, 5) is 0. The van der Waals surface area contributed by atoms with E-state index in [1.165, 1.54) is 12.1 Å². The van der Waals surface area contributed by atoms with Crippen molar-refractivity contribution >= 4 is 0 Å². The fourth-order valence-electron chi connectivity index (χ4n) is 5.75. The number of rotatable bonds is 7. The van der Waals surface area contributed by atoms with E-state index in [0.29, 0.717) is 11.1 Å². The van der Waals surface area contributed by atoms with E-state index >= 15 is 17.6 Å². The molecule has 0 heterocycles. The molecule has 0 nitrogen and oxygen atoms in total. The molecule has 1 aliphatic rings. The van der Waals surface area contributed by atoms with Crippen LogP contribution in [-0.2, 0) is 0 Å².